The molecule has 0 saturated carbocycles. The molecule has 0 fully saturated rings. The Labute approximate surface area is 76.1 Å². The fourth-order valence-corrected chi connectivity index (χ4v) is 0.514. The number of esters is 2. The third-order valence-corrected chi connectivity index (χ3v) is 0.953. The van der Waals surface area contributed by atoms with Crippen LogP contribution in [0.2, 0.25) is 0 Å². The zero-order valence-electron chi connectivity index (χ0n) is 7.06. The van der Waals surface area contributed by atoms with E-state index in [1.807, 2.05) is 0 Å². The Morgan fingerprint density at radius 1 is 1.15 bits per heavy atom. The van der Waals surface area contributed by atoms with Gasteiger partial charge in [0.2, 0.25) is 0 Å². The minimum Gasteiger partial charge on any atom is -0.435 e. The van der Waals surface area contributed by atoms with Crippen molar-refractivity contribution in [1.29, 1.82) is 0 Å². The summed E-state index contributed by atoms with van der Waals surface area (Å²) in [5.41, 5.74) is 0. The van der Waals surface area contributed by atoms with E-state index in [-0.39, 0.29) is 6.42 Å². The monoisotopic (exact) mass is 182 g/mol. The van der Waals surface area contributed by atoms with Gasteiger partial charge < -0.3 is 9.47 Å². The number of carbonyl (C=O) groups excluding carboxylic acids is 2. The molecular formula is C9H10O4. The lowest BCUT2D eigenvalue weighted by atomic mass is 10.4. The highest BCUT2D eigenvalue weighted by atomic mass is 16.5. The molecule has 0 bridgehead atoms. The summed E-state index contributed by atoms with van der Waals surface area (Å²) >= 11 is 0. The van der Waals surface area contributed by atoms with Crippen molar-refractivity contribution in [3.63, 3.8) is 0 Å². The van der Waals surface area contributed by atoms with Gasteiger partial charge in [0.1, 0.15) is 0 Å². The van der Waals surface area contributed by atoms with Gasteiger partial charge in [-0.3, -0.25) is 4.79 Å². The van der Waals surface area contributed by atoms with Gasteiger partial charge in [-0.05, 0) is 0 Å². The average Bonchev–Trinajstić information content (AvgIpc) is 2.05. The third-order valence-electron chi connectivity index (χ3n) is 0.953. The normalized spacial score (nSPS) is 9.23. The molecule has 0 radical (unpaired) electrons. The molecule has 0 atom stereocenters. The predicted octanol–water partition coefficient (Wildman–Crippen LogP) is 1.31. The first-order chi connectivity index (χ1) is 6.20. The van der Waals surface area contributed by atoms with Gasteiger partial charge in [0, 0.05) is 6.08 Å². The highest BCUT2D eigenvalue weighted by Crippen LogP contribution is 1.90. The summed E-state index contributed by atoms with van der Waals surface area (Å²) in [6, 6.07) is 0. The van der Waals surface area contributed by atoms with Crippen LogP contribution in [0.1, 0.15) is 6.42 Å². The molecule has 0 unspecified atom stereocenters. The maximum atomic E-state index is 10.7. The molecule has 4 heteroatoms. The van der Waals surface area contributed by atoms with Gasteiger partial charge in [-0.2, -0.15) is 0 Å². The van der Waals surface area contributed by atoms with Crippen molar-refractivity contribution in [2.24, 2.45) is 0 Å². The molecule has 0 amide bonds. The summed E-state index contributed by atoms with van der Waals surface area (Å²) in [5, 5.41) is 0. The Kier molecular flexibility index (Phi) is 5.88. The van der Waals surface area contributed by atoms with Gasteiger partial charge in [-0.25, -0.2) is 4.79 Å². The number of carbonyl (C=O) groups is 2. The van der Waals surface area contributed by atoms with E-state index in [1.165, 1.54) is 6.08 Å². The summed E-state index contributed by atoms with van der Waals surface area (Å²) in [4.78, 5) is 21.3. The fraction of sp³-hybridized carbons (Fsp3) is 0.111. The molecule has 0 heterocycles. The highest BCUT2D eigenvalue weighted by molar-refractivity contribution is 5.83. The minimum atomic E-state index is -0.582. The molecule has 0 aromatic carbocycles. The van der Waals surface area contributed by atoms with Gasteiger partial charge in [-0.1, -0.05) is 19.2 Å². The van der Waals surface area contributed by atoms with Gasteiger partial charge in [0.15, 0.2) is 0 Å². The Morgan fingerprint density at radius 2 is 1.77 bits per heavy atom. The summed E-state index contributed by atoms with van der Waals surface area (Å²) in [6.07, 6.45) is 4.48. The first kappa shape index (κ1) is 11.2. The van der Waals surface area contributed by atoms with Crippen LogP contribution in [0.5, 0.6) is 0 Å². The topological polar surface area (TPSA) is 52.6 Å². The van der Waals surface area contributed by atoms with Crippen molar-refractivity contribution in [2.45, 2.75) is 6.42 Å². The Balaban J connectivity index is 3.73. The van der Waals surface area contributed by atoms with Crippen LogP contribution in [0, 0.1) is 0 Å². The number of ether oxygens (including phenoxy) is 2. The van der Waals surface area contributed by atoms with Crippen molar-refractivity contribution < 1.29 is 19.1 Å². The molecule has 70 valence electrons. The highest BCUT2D eigenvalue weighted by Gasteiger charge is 1.97. The van der Waals surface area contributed by atoms with Crippen LogP contribution in [0.3, 0.4) is 0 Å². The van der Waals surface area contributed by atoms with E-state index in [0.717, 1.165) is 18.6 Å². The van der Waals surface area contributed by atoms with Crippen LogP contribution in [0.25, 0.3) is 0 Å². The molecule has 0 aromatic heterocycles. The molecule has 0 aliphatic rings. The first-order valence-electron chi connectivity index (χ1n) is 3.49. The van der Waals surface area contributed by atoms with Crippen LogP contribution in [0.4, 0.5) is 0 Å². The molecule has 0 spiro atoms. The molecule has 0 saturated heterocycles. The lowest BCUT2D eigenvalue weighted by Gasteiger charge is -1.92. The van der Waals surface area contributed by atoms with Crippen LogP contribution >= 0.6 is 0 Å². The largest absolute Gasteiger partial charge is 0.435 e. The SMILES string of the molecule is C=COC(=O)C=CCC(=O)OC=C. The van der Waals surface area contributed by atoms with Gasteiger partial charge >= 0.3 is 11.9 Å². The van der Waals surface area contributed by atoms with E-state index in [0.29, 0.717) is 0 Å². The maximum absolute atomic E-state index is 10.7. The lowest BCUT2D eigenvalue weighted by Crippen LogP contribution is -1.98. The van der Waals surface area contributed by atoms with E-state index < -0.39 is 11.9 Å². The third kappa shape index (κ3) is 6.55. The standard InChI is InChI=1S/C9H10O4/c1-3-12-8(10)6-5-7-9(11)13-4-2/h3-6H,1-2,7H2. The number of rotatable bonds is 5. The molecule has 0 N–H and O–H groups in total. The van der Waals surface area contributed by atoms with Crippen LogP contribution in [0.15, 0.2) is 37.8 Å². The van der Waals surface area contributed by atoms with E-state index in [4.69, 9.17) is 0 Å². The second-order valence-corrected chi connectivity index (χ2v) is 1.87. The van der Waals surface area contributed by atoms with Crippen molar-refractivity contribution in [1.82, 2.24) is 0 Å². The summed E-state index contributed by atoms with van der Waals surface area (Å²) in [6.45, 7) is 6.39. The molecule has 0 aromatic rings. The lowest BCUT2D eigenvalue weighted by molar-refractivity contribution is -0.136. The Hall–Kier alpha value is -1.84. The smallest absolute Gasteiger partial charge is 0.335 e. The summed E-state index contributed by atoms with van der Waals surface area (Å²) < 4.78 is 8.73. The maximum Gasteiger partial charge on any atom is 0.335 e. The van der Waals surface area contributed by atoms with Gasteiger partial charge in [-0.15, -0.1) is 0 Å². The second-order valence-electron chi connectivity index (χ2n) is 1.87. The van der Waals surface area contributed by atoms with Crippen LogP contribution in [-0.2, 0) is 19.1 Å². The minimum absolute atomic E-state index is 0.00172. The zero-order valence-corrected chi connectivity index (χ0v) is 7.06. The zero-order chi connectivity index (χ0) is 10.1. The predicted molar refractivity (Wildman–Crippen MR) is 46.3 cm³/mol. The molecule has 0 rings (SSSR count). The van der Waals surface area contributed by atoms with Gasteiger partial charge in [0.05, 0.1) is 18.9 Å². The molecule has 4 nitrogen and oxygen atoms in total. The molecule has 0 aliphatic heterocycles. The first-order valence-corrected chi connectivity index (χ1v) is 3.49. The average molecular weight is 182 g/mol. The Bertz CT molecular complexity index is 240. The molecule has 13 heavy (non-hydrogen) atoms. The quantitative estimate of drug-likeness (QED) is 0.365. The Morgan fingerprint density at radius 3 is 2.31 bits per heavy atom. The van der Waals surface area contributed by atoms with Crippen LogP contribution in [-0.4, -0.2) is 11.9 Å². The summed E-state index contributed by atoms with van der Waals surface area (Å²) in [5.74, 6) is -1.07. The van der Waals surface area contributed by atoms with Crippen molar-refractivity contribution in [3.05, 3.63) is 37.8 Å². The summed E-state index contributed by atoms with van der Waals surface area (Å²) in [7, 11) is 0. The molecular weight excluding hydrogens is 172 g/mol. The van der Waals surface area contributed by atoms with E-state index in [1.54, 1.807) is 0 Å². The molecule has 0 aliphatic carbocycles. The van der Waals surface area contributed by atoms with E-state index >= 15 is 0 Å². The van der Waals surface area contributed by atoms with Gasteiger partial charge in [0.25, 0.3) is 0 Å². The van der Waals surface area contributed by atoms with E-state index in [9.17, 15) is 9.59 Å². The number of hydrogen-bond donors (Lipinski definition) is 0. The number of hydrogen-bond acceptors (Lipinski definition) is 4. The van der Waals surface area contributed by atoms with Crippen molar-refractivity contribution in [2.75, 3.05) is 0 Å². The van der Waals surface area contributed by atoms with E-state index in [2.05, 4.69) is 22.6 Å². The van der Waals surface area contributed by atoms with Crippen molar-refractivity contribution in [3.8, 4) is 0 Å². The van der Waals surface area contributed by atoms with Crippen LogP contribution < -0.4 is 0 Å². The van der Waals surface area contributed by atoms with Crippen molar-refractivity contribution >= 4 is 11.9 Å². The second kappa shape index (κ2) is 6.84. The fourth-order valence-electron chi connectivity index (χ4n) is 0.514.